The molecule has 5 rings (SSSR count). The summed E-state index contributed by atoms with van der Waals surface area (Å²) < 4.78 is 2.19. The molecule has 7 heteroatoms. The lowest BCUT2D eigenvalue weighted by atomic mass is 9.78. The van der Waals surface area contributed by atoms with Gasteiger partial charge in [0.15, 0.2) is 0 Å². The number of carbonyl (C=O) groups is 1. The van der Waals surface area contributed by atoms with E-state index in [2.05, 4.69) is 49.6 Å². The number of para-hydroxylation sites is 2. The number of aryl methyl sites for hydroxylation is 1. The molecule has 29 heavy (non-hydrogen) atoms. The van der Waals surface area contributed by atoms with Gasteiger partial charge in [-0.15, -0.1) is 0 Å². The van der Waals surface area contributed by atoms with Gasteiger partial charge in [0.05, 0.1) is 35.1 Å². The van der Waals surface area contributed by atoms with Crippen molar-refractivity contribution in [1.29, 1.82) is 0 Å². The Morgan fingerprint density at radius 3 is 2.76 bits per heavy atom. The molecule has 4 heterocycles. The predicted octanol–water partition coefficient (Wildman–Crippen LogP) is 2.58. The Bertz CT molecular complexity index is 1040. The average molecular weight is 393 g/mol. The molecule has 2 aromatic heterocycles. The highest BCUT2D eigenvalue weighted by Gasteiger charge is 2.48. The summed E-state index contributed by atoms with van der Waals surface area (Å²) in [7, 11) is 2.09. The highest BCUT2D eigenvalue weighted by molar-refractivity contribution is 5.77. The zero-order valence-electron chi connectivity index (χ0n) is 17.2. The van der Waals surface area contributed by atoms with Crippen molar-refractivity contribution in [2.24, 2.45) is 7.05 Å². The molecule has 2 aliphatic rings. The van der Waals surface area contributed by atoms with E-state index in [1.165, 1.54) is 11.2 Å². The van der Waals surface area contributed by atoms with Gasteiger partial charge < -0.3 is 14.5 Å². The van der Waals surface area contributed by atoms with E-state index in [9.17, 15) is 4.79 Å². The van der Waals surface area contributed by atoms with E-state index in [0.717, 1.165) is 62.5 Å². The van der Waals surface area contributed by atoms with E-state index in [1.54, 1.807) is 6.33 Å². The van der Waals surface area contributed by atoms with Crippen LogP contribution in [0.2, 0.25) is 0 Å². The first-order chi connectivity index (χ1) is 14.1. The third-order valence-electron chi connectivity index (χ3n) is 6.79. The Labute approximate surface area is 170 Å². The van der Waals surface area contributed by atoms with Crippen molar-refractivity contribution in [2.45, 2.75) is 44.7 Å². The van der Waals surface area contributed by atoms with E-state index in [4.69, 9.17) is 4.98 Å². The molecule has 152 valence electrons. The minimum absolute atomic E-state index is 0.238. The Balaban J connectivity index is 1.38. The lowest BCUT2D eigenvalue weighted by Crippen LogP contribution is -2.58. The van der Waals surface area contributed by atoms with E-state index in [0.29, 0.717) is 6.42 Å². The number of H-pyrrole nitrogens is 1. The number of nitrogens with one attached hydrogen (secondary N) is 1. The first-order valence-corrected chi connectivity index (χ1v) is 10.6. The number of hydrogen-bond acceptors (Lipinski definition) is 4. The van der Waals surface area contributed by atoms with Crippen LogP contribution in [0.1, 0.15) is 43.4 Å². The standard InChI is InChI=1S/C22H28N6O/c1-3-20(29)28-11-8-17-21(24-15-23-17)22(28)9-12-27(13-10-22)14-19-25-16-6-4-5-7-18(16)26(19)2/h4-7,15H,3,8-14H2,1-2H3,(H,23,24). The molecule has 0 atom stereocenters. The van der Waals surface area contributed by atoms with Crippen molar-refractivity contribution >= 4 is 16.9 Å². The molecule has 3 aromatic rings. The van der Waals surface area contributed by atoms with Crippen molar-refractivity contribution in [2.75, 3.05) is 19.6 Å². The molecule has 1 N–H and O–H groups in total. The van der Waals surface area contributed by atoms with Crippen molar-refractivity contribution in [3.05, 3.63) is 47.8 Å². The summed E-state index contributed by atoms with van der Waals surface area (Å²) in [4.78, 5) is 30.1. The number of benzene rings is 1. The number of hydrogen-bond donors (Lipinski definition) is 1. The summed E-state index contributed by atoms with van der Waals surface area (Å²) in [6, 6.07) is 8.28. The Kier molecular flexibility index (Phi) is 4.42. The normalized spacial score (nSPS) is 19.0. The number of likely N-dealkylation sites (tertiary alicyclic amines) is 1. The zero-order valence-corrected chi connectivity index (χ0v) is 17.2. The van der Waals surface area contributed by atoms with Gasteiger partial charge >= 0.3 is 0 Å². The molecule has 1 fully saturated rings. The van der Waals surface area contributed by atoms with Crippen LogP contribution in [-0.4, -0.2) is 54.9 Å². The van der Waals surface area contributed by atoms with Crippen LogP contribution in [0.25, 0.3) is 11.0 Å². The van der Waals surface area contributed by atoms with Crippen molar-refractivity contribution in [1.82, 2.24) is 29.3 Å². The molecule has 0 bridgehead atoms. The minimum atomic E-state index is -0.260. The van der Waals surface area contributed by atoms with E-state index < -0.39 is 0 Å². The number of carbonyl (C=O) groups excluding carboxylic acids is 1. The van der Waals surface area contributed by atoms with E-state index >= 15 is 0 Å². The second-order valence-electron chi connectivity index (χ2n) is 8.26. The lowest BCUT2D eigenvalue weighted by molar-refractivity contribution is -0.141. The molecule has 0 unspecified atom stereocenters. The number of nitrogens with zero attached hydrogens (tertiary/aromatic N) is 5. The summed E-state index contributed by atoms with van der Waals surface area (Å²) in [5.41, 5.74) is 4.25. The van der Waals surface area contributed by atoms with E-state index in [1.807, 2.05) is 13.0 Å². The van der Waals surface area contributed by atoms with Crippen LogP contribution in [0.4, 0.5) is 0 Å². The fraction of sp³-hybridized carbons (Fsp3) is 0.500. The molecule has 1 amide bonds. The quantitative estimate of drug-likeness (QED) is 0.744. The van der Waals surface area contributed by atoms with Gasteiger partial charge in [0, 0.05) is 45.2 Å². The first kappa shape index (κ1) is 18.4. The van der Waals surface area contributed by atoms with Crippen molar-refractivity contribution in [3.63, 3.8) is 0 Å². The van der Waals surface area contributed by atoms with E-state index in [-0.39, 0.29) is 11.4 Å². The summed E-state index contributed by atoms with van der Waals surface area (Å²) in [5.74, 6) is 1.33. The van der Waals surface area contributed by atoms with Crippen LogP contribution in [0.3, 0.4) is 0 Å². The molecule has 1 aromatic carbocycles. The van der Waals surface area contributed by atoms with Gasteiger partial charge in [-0.25, -0.2) is 9.97 Å². The number of amides is 1. The lowest BCUT2D eigenvalue weighted by Gasteiger charge is -2.50. The largest absolute Gasteiger partial charge is 0.348 e. The molecule has 7 nitrogen and oxygen atoms in total. The monoisotopic (exact) mass is 392 g/mol. The fourth-order valence-electron chi connectivity index (χ4n) is 5.16. The number of aromatic amines is 1. The topological polar surface area (TPSA) is 70.1 Å². The zero-order chi connectivity index (χ0) is 20.0. The van der Waals surface area contributed by atoms with Crippen LogP contribution >= 0.6 is 0 Å². The molecule has 1 saturated heterocycles. The van der Waals surface area contributed by atoms with Gasteiger partial charge in [0.1, 0.15) is 5.82 Å². The molecule has 0 aliphatic carbocycles. The van der Waals surface area contributed by atoms with Crippen LogP contribution < -0.4 is 0 Å². The van der Waals surface area contributed by atoms with Crippen LogP contribution in [-0.2, 0) is 30.3 Å². The minimum Gasteiger partial charge on any atom is -0.348 e. The number of aromatic nitrogens is 4. The number of rotatable bonds is 3. The SMILES string of the molecule is CCC(=O)N1CCc2[nH]cnc2C12CCN(Cc1nc3ccccc3n1C)CC2. The maximum Gasteiger partial charge on any atom is 0.223 e. The van der Waals surface area contributed by atoms with Gasteiger partial charge in [-0.3, -0.25) is 9.69 Å². The third kappa shape index (κ3) is 2.87. The smallest absolute Gasteiger partial charge is 0.223 e. The van der Waals surface area contributed by atoms with Gasteiger partial charge in [-0.1, -0.05) is 19.1 Å². The van der Waals surface area contributed by atoms with Gasteiger partial charge in [0.25, 0.3) is 0 Å². The fourth-order valence-corrected chi connectivity index (χ4v) is 5.16. The summed E-state index contributed by atoms with van der Waals surface area (Å²) in [6.07, 6.45) is 5.04. The van der Waals surface area contributed by atoms with Gasteiger partial charge in [-0.05, 0) is 25.0 Å². The molecule has 0 radical (unpaired) electrons. The Morgan fingerprint density at radius 1 is 1.21 bits per heavy atom. The number of imidazole rings is 2. The van der Waals surface area contributed by atoms with Gasteiger partial charge in [0.2, 0.25) is 5.91 Å². The summed E-state index contributed by atoms with van der Waals surface area (Å²) in [6.45, 7) is 5.44. The van der Waals surface area contributed by atoms with Crippen LogP contribution in [0, 0.1) is 0 Å². The molecule has 1 spiro atoms. The van der Waals surface area contributed by atoms with Crippen LogP contribution in [0.5, 0.6) is 0 Å². The molecule has 0 saturated carbocycles. The highest BCUT2D eigenvalue weighted by atomic mass is 16.2. The molecular formula is C22H28N6O. The molecular weight excluding hydrogens is 364 g/mol. The summed E-state index contributed by atoms with van der Waals surface area (Å²) in [5, 5.41) is 0. The number of fused-ring (bicyclic) bond motifs is 3. The van der Waals surface area contributed by atoms with Crippen molar-refractivity contribution in [3.8, 4) is 0 Å². The number of piperidine rings is 1. The third-order valence-corrected chi connectivity index (χ3v) is 6.79. The molecule has 2 aliphatic heterocycles. The van der Waals surface area contributed by atoms with Gasteiger partial charge in [-0.2, -0.15) is 0 Å². The summed E-state index contributed by atoms with van der Waals surface area (Å²) >= 11 is 0. The van der Waals surface area contributed by atoms with Crippen LogP contribution in [0.15, 0.2) is 30.6 Å². The Morgan fingerprint density at radius 2 is 2.00 bits per heavy atom. The predicted molar refractivity (Wildman–Crippen MR) is 111 cm³/mol. The maximum atomic E-state index is 12.7. The maximum absolute atomic E-state index is 12.7. The second kappa shape index (κ2) is 6.99. The Hall–Kier alpha value is -2.67. The second-order valence-corrected chi connectivity index (χ2v) is 8.26. The van der Waals surface area contributed by atoms with Crippen molar-refractivity contribution < 1.29 is 4.79 Å². The average Bonchev–Trinajstić information content (AvgIpc) is 3.35. The highest BCUT2D eigenvalue weighted by Crippen LogP contribution is 2.42. The first-order valence-electron chi connectivity index (χ1n) is 10.6.